The number of thioether (sulfide) groups is 1. The Balaban J connectivity index is 1.64. The predicted molar refractivity (Wildman–Crippen MR) is 130 cm³/mol. The van der Waals surface area contributed by atoms with Crippen molar-refractivity contribution in [1.29, 1.82) is 5.26 Å². The van der Waals surface area contributed by atoms with E-state index in [9.17, 15) is 14.0 Å². The molecule has 34 heavy (non-hydrogen) atoms. The Labute approximate surface area is 200 Å². The Morgan fingerprint density at radius 1 is 1.12 bits per heavy atom. The molecular formula is C26H21FN4O2S. The lowest BCUT2D eigenvalue weighted by Crippen LogP contribution is -2.31. The number of fused-ring (bicyclic) bond motifs is 1. The zero-order valence-electron chi connectivity index (χ0n) is 18.6. The third-order valence-corrected chi connectivity index (χ3v) is 6.57. The van der Waals surface area contributed by atoms with Crippen molar-refractivity contribution in [3.05, 3.63) is 100 Å². The van der Waals surface area contributed by atoms with Gasteiger partial charge >= 0.3 is 0 Å². The molecule has 0 fully saturated rings. The number of nitriles is 1. The quantitative estimate of drug-likeness (QED) is 0.300. The first kappa shape index (κ1) is 23.2. The van der Waals surface area contributed by atoms with Gasteiger partial charge in [0, 0.05) is 7.05 Å². The fourth-order valence-corrected chi connectivity index (χ4v) is 4.47. The molecule has 0 aliphatic rings. The van der Waals surface area contributed by atoms with E-state index in [1.807, 2.05) is 6.92 Å². The summed E-state index contributed by atoms with van der Waals surface area (Å²) in [5.41, 5.74) is 2.15. The van der Waals surface area contributed by atoms with Gasteiger partial charge in [-0.15, -0.1) is 0 Å². The van der Waals surface area contributed by atoms with Crippen LogP contribution in [0.25, 0.3) is 16.6 Å². The minimum absolute atomic E-state index is 0.0586. The molecule has 0 N–H and O–H groups in total. The van der Waals surface area contributed by atoms with Crippen molar-refractivity contribution in [2.45, 2.75) is 18.1 Å². The topological polar surface area (TPSA) is 79.0 Å². The van der Waals surface area contributed by atoms with Crippen LogP contribution in [-0.2, 0) is 4.79 Å². The lowest BCUT2D eigenvalue weighted by Gasteiger charge is -2.25. The van der Waals surface area contributed by atoms with Gasteiger partial charge in [-0.05, 0) is 61.0 Å². The lowest BCUT2D eigenvalue weighted by molar-refractivity contribution is -0.128. The van der Waals surface area contributed by atoms with Crippen molar-refractivity contribution < 1.29 is 9.18 Å². The Morgan fingerprint density at radius 2 is 1.79 bits per heavy atom. The molecule has 1 aromatic heterocycles. The maximum atomic E-state index is 13.3. The van der Waals surface area contributed by atoms with E-state index in [0.29, 0.717) is 27.3 Å². The summed E-state index contributed by atoms with van der Waals surface area (Å²) >= 11 is 1.17. The van der Waals surface area contributed by atoms with Crippen LogP contribution in [0.3, 0.4) is 0 Å². The number of hydrogen-bond donors (Lipinski definition) is 0. The van der Waals surface area contributed by atoms with Gasteiger partial charge in [0.1, 0.15) is 5.82 Å². The number of amides is 1. The molecule has 170 valence electrons. The van der Waals surface area contributed by atoms with E-state index >= 15 is 0 Å². The van der Waals surface area contributed by atoms with Crippen molar-refractivity contribution in [3.63, 3.8) is 0 Å². The number of nitrogens with zero attached hydrogens (tertiary/aromatic N) is 4. The highest BCUT2D eigenvalue weighted by atomic mass is 32.2. The molecule has 0 radical (unpaired) electrons. The first-order valence-electron chi connectivity index (χ1n) is 10.6. The maximum Gasteiger partial charge on any atom is 0.266 e. The molecule has 0 saturated carbocycles. The second-order valence-corrected chi connectivity index (χ2v) is 8.67. The Bertz CT molecular complexity index is 1440. The Kier molecular flexibility index (Phi) is 6.75. The van der Waals surface area contributed by atoms with Crippen LogP contribution >= 0.6 is 11.8 Å². The predicted octanol–water partition coefficient (Wildman–Crippen LogP) is 4.71. The van der Waals surface area contributed by atoms with Gasteiger partial charge in [-0.25, -0.2) is 9.37 Å². The normalized spacial score (nSPS) is 11.7. The summed E-state index contributed by atoms with van der Waals surface area (Å²) in [5, 5.41) is 9.93. The zero-order chi connectivity index (χ0) is 24.2. The Hall–Kier alpha value is -3.96. The van der Waals surface area contributed by atoms with Gasteiger partial charge in [-0.3, -0.25) is 14.2 Å². The number of hydrogen-bond acceptors (Lipinski definition) is 5. The second kappa shape index (κ2) is 9.89. The van der Waals surface area contributed by atoms with Crippen molar-refractivity contribution in [3.8, 4) is 11.8 Å². The summed E-state index contributed by atoms with van der Waals surface area (Å²) in [6.45, 7) is 1.87. The highest BCUT2D eigenvalue weighted by molar-refractivity contribution is 7.99. The number of rotatable bonds is 6. The van der Waals surface area contributed by atoms with Crippen LogP contribution in [0.15, 0.2) is 82.7 Å². The molecule has 6 nitrogen and oxygen atoms in total. The summed E-state index contributed by atoms with van der Waals surface area (Å²) in [5.74, 6) is -0.428. The fraction of sp³-hybridized carbons (Fsp3) is 0.154. The standard InChI is InChI=1S/C26H21FN4O2S/c1-17(19-9-11-20(27)12-10-19)30(2)24(32)16-34-26-29-23-6-4-3-5-22(23)25(33)31(26)21-13-7-18(15-28)8-14-21/h3-14,17H,16H2,1-2H3. The minimum atomic E-state index is -0.330. The summed E-state index contributed by atoms with van der Waals surface area (Å²) in [7, 11) is 1.69. The van der Waals surface area contributed by atoms with Gasteiger partial charge in [0.2, 0.25) is 5.91 Å². The molecule has 3 aromatic carbocycles. The van der Waals surface area contributed by atoms with Crippen LogP contribution in [0.2, 0.25) is 0 Å². The molecule has 4 aromatic rings. The van der Waals surface area contributed by atoms with Gasteiger partial charge in [-0.1, -0.05) is 36.0 Å². The van der Waals surface area contributed by atoms with E-state index in [2.05, 4.69) is 11.1 Å². The van der Waals surface area contributed by atoms with Crippen LogP contribution in [0, 0.1) is 17.1 Å². The number of para-hydroxylation sites is 1. The molecule has 0 aliphatic heterocycles. The summed E-state index contributed by atoms with van der Waals surface area (Å²) in [6, 6.07) is 21.6. The molecular weight excluding hydrogens is 451 g/mol. The number of halogens is 1. The minimum Gasteiger partial charge on any atom is -0.338 e. The molecule has 0 aliphatic carbocycles. The van der Waals surface area contributed by atoms with Crippen LogP contribution in [0.5, 0.6) is 0 Å². The molecule has 0 bridgehead atoms. The van der Waals surface area contributed by atoms with E-state index in [1.165, 1.54) is 28.5 Å². The SMILES string of the molecule is CC(c1ccc(F)cc1)N(C)C(=O)CSc1nc2ccccc2c(=O)n1-c1ccc(C#N)cc1. The van der Waals surface area contributed by atoms with Crippen LogP contribution < -0.4 is 5.56 Å². The maximum absolute atomic E-state index is 13.3. The molecule has 8 heteroatoms. The second-order valence-electron chi connectivity index (χ2n) is 7.73. The van der Waals surface area contributed by atoms with E-state index in [4.69, 9.17) is 5.26 Å². The zero-order valence-corrected chi connectivity index (χ0v) is 19.4. The average Bonchev–Trinajstić information content (AvgIpc) is 2.87. The number of carbonyl (C=O) groups excluding carboxylic acids is 1. The number of carbonyl (C=O) groups is 1. The fourth-order valence-electron chi connectivity index (χ4n) is 3.53. The monoisotopic (exact) mass is 472 g/mol. The molecule has 1 unspecified atom stereocenters. The van der Waals surface area contributed by atoms with Gasteiger partial charge in [-0.2, -0.15) is 5.26 Å². The van der Waals surface area contributed by atoms with Gasteiger partial charge in [0.15, 0.2) is 5.16 Å². The number of aromatic nitrogens is 2. The first-order valence-corrected chi connectivity index (χ1v) is 11.5. The summed E-state index contributed by atoms with van der Waals surface area (Å²) < 4.78 is 14.7. The van der Waals surface area contributed by atoms with Crippen LogP contribution in [-0.4, -0.2) is 33.2 Å². The van der Waals surface area contributed by atoms with Crippen molar-refractivity contribution in [2.75, 3.05) is 12.8 Å². The largest absolute Gasteiger partial charge is 0.338 e. The molecule has 0 saturated heterocycles. The Morgan fingerprint density at radius 3 is 2.47 bits per heavy atom. The van der Waals surface area contributed by atoms with Gasteiger partial charge in [0.05, 0.1) is 40.0 Å². The first-order chi connectivity index (χ1) is 16.4. The third-order valence-electron chi connectivity index (χ3n) is 5.65. The molecule has 1 atom stereocenters. The summed E-state index contributed by atoms with van der Waals surface area (Å²) in [4.78, 5) is 32.5. The van der Waals surface area contributed by atoms with Crippen molar-refractivity contribution >= 4 is 28.6 Å². The van der Waals surface area contributed by atoms with Crippen LogP contribution in [0.4, 0.5) is 4.39 Å². The molecule has 1 heterocycles. The van der Waals surface area contributed by atoms with Gasteiger partial charge in [0.25, 0.3) is 5.56 Å². The highest BCUT2D eigenvalue weighted by Crippen LogP contribution is 2.24. The third kappa shape index (κ3) is 4.70. The van der Waals surface area contributed by atoms with E-state index in [0.717, 1.165) is 5.56 Å². The van der Waals surface area contributed by atoms with Crippen molar-refractivity contribution in [1.82, 2.24) is 14.5 Å². The van der Waals surface area contributed by atoms with E-state index in [1.54, 1.807) is 72.6 Å². The van der Waals surface area contributed by atoms with Crippen molar-refractivity contribution in [2.24, 2.45) is 0 Å². The summed E-state index contributed by atoms with van der Waals surface area (Å²) in [6.07, 6.45) is 0. The number of benzene rings is 3. The molecule has 1 amide bonds. The molecule has 4 rings (SSSR count). The smallest absolute Gasteiger partial charge is 0.266 e. The highest BCUT2D eigenvalue weighted by Gasteiger charge is 2.20. The average molecular weight is 473 g/mol. The van der Waals surface area contributed by atoms with Crippen LogP contribution in [0.1, 0.15) is 24.1 Å². The lowest BCUT2D eigenvalue weighted by atomic mass is 10.1. The van der Waals surface area contributed by atoms with Gasteiger partial charge < -0.3 is 4.90 Å². The van der Waals surface area contributed by atoms with E-state index in [-0.39, 0.29) is 29.1 Å². The molecule has 0 spiro atoms. The van der Waals surface area contributed by atoms with E-state index < -0.39 is 0 Å².